The molecule has 0 saturated carbocycles. The SMILES string of the molecule is COCCCNC(=O)CN(C)C(=O)[C@H]1CCN[C@@H](C)C1.Cl. The van der Waals surface area contributed by atoms with Crippen LogP contribution in [0.2, 0.25) is 0 Å². The molecule has 0 radical (unpaired) electrons. The molecule has 0 spiro atoms. The van der Waals surface area contributed by atoms with Gasteiger partial charge >= 0.3 is 0 Å². The van der Waals surface area contributed by atoms with E-state index in [1.54, 1.807) is 14.2 Å². The highest BCUT2D eigenvalue weighted by atomic mass is 35.5. The minimum atomic E-state index is -0.112. The second-order valence-corrected chi connectivity index (χ2v) is 5.47. The first kappa shape index (κ1) is 20.1. The highest BCUT2D eigenvalue weighted by molar-refractivity contribution is 5.86. The molecule has 0 aromatic rings. The van der Waals surface area contributed by atoms with Crippen LogP contribution < -0.4 is 10.6 Å². The van der Waals surface area contributed by atoms with Crippen LogP contribution in [0.15, 0.2) is 0 Å². The molecule has 124 valence electrons. The molecule has 0 aliphatic carbocycles. The monoisotopic (exact) mass is 321 g/mol. The molecule has 1 aliphatic rings. The molecule has 1 fully saturated rings. The van der Waals surface area contributed by atoms with Crippen LogP contribution in [0, 0.1) is 5.92 Å². The average Bonchev–Trinajstić information content (AvgIpc) is 2.42. The highest BCUT2D eigenvalue weighted by Crippen LogP contribution is 2.18. The van der Waals surface area contributed by atoms with E-state index in [0.717, 1.165) is 25.8 Å². The van der Waals surface area contributed by atoms with Gasteiger partial charge in [0.2, 0.25) is 11.8 Å². The number of rotatable bonds is 7. The van der Waals surface area contributed by atoms with Gasteiger partial charge in [-0.3, -0.25) is 9.59 Å². The summed E-state index contributed by atoms with van der Waals surface area (Å²) in [6.45, 7) is 4.29. The van der Waals surface area contributed by atoms with Crippen molar-refractivity contribution in [3.05, 3.63) is 0 Å². The summed E-state index contributed by atoms with van der Waals surface area (Å²) in [5, 5.41) is 6.11. The number of piperidine rings is 1. The summed E-state index contributed by atoms with van der Waals surface area (Å²) in [6, 6.07) is 0.369. The molecule has 1 heterocycles. The first-order valence-corrected chi connectivity index (χ1v) is 7.28. The average molecular weight is 322 g/mol. The molecular formula is C14H28ClN3O3. The Kier molecular flexibility index (Phi) is 10.4. The highest BCUT2D eigenvalue weighted by Gasteiger charge is 2.27. The Morgan fingerprint density at radius 2 is 2.14 bits per heavy atom. The number of amides is 2. The van der Waals surface area contributed by atoms with Crippen molar-refractivity contribution >= 4 is 24.2 Å². The second-order valence-electron chi connectivity index (χ2n) is 5.47. The lowest BCUT2D eigenvalue weighted by molar-refractivity contribution is -0.139. The standard InChI is InChI=1S/C14H27N3O3.ClH/c1-11-9-12(5-7-15-11)14(19)17(2)10-13(18)16-6-4-8-20-3;/h11-12,15H,4-10H2,1-3H3,(H,16,18);1H/t11-,12-;/m0./s1. The molecule has 7 heteroatoms. The van der Waals surface area contributed by atoms with E-state index in [4.69, 9.17) is 4.74 Å². The van der Waals surface area contributed by atoms with Crippen LogP contribution in [-0.4, -0.2) is 63.2 Å². The van der Waals surface area contributed by atoms with Gasteiger partial charge in [0, 0.05) is 39.3 Å². The Balaban J connectivity index is 0.00000400. The van der Waals surface area contributed by atoms with Crippen molar-refractivity contribution in [2.75, 3.05) is 40.4 Å². The second kappa shape index (κ2) is 10.8. The molecule has 0 aromatic heterocycles. The summed E-state index contributed by atoms with van der Waals surface area (Å²) >= 11 is 0. The van der Waals surface area contributed by atoms with Crippen LogP contribution in [0.5, 0.6) is 0 Å². The number of ether oxygens (including phenoxy) is 1. The van der Waals surface area contributed by atoms with Crippen molar-refractivity contribution in [2.45, 2.75) is 32.2 Å². The first-order chi connectivity index (χ1) is 9.54. The molecule has 21 heavy (non-hydrogen) atoms. The Morgan fingerprint density at radius 3 is 2.76 bits per heavy atom. The summed E-state index contributed by atoms with van der Waals surface area (Å²) in [7, 11) is 3.33. The van der Waals surface area contributed by atoms with Crippen molar-refractivity contribution < 1.29 is 14.3 Å². The van der Waals surface area contributed by atoms with E-state index in [-0.39, 0.29) is 36.7 Å². The topological polar surface area (TPSA) is 70.7 Å². The third-order valence-corrected chi connectivity index (χ3v) is 3.58. The van der Waals surface area contributed by atoms with Crippen LogP contribution in [0.1, 0.15) is 26.2 Å². The first-order valence-electron chi connectivity index (χ1n) is 7.28. The summed E-state index contributed by atoms with van der Waals surface area (Å²) in [5.41, 5.74) is 0. The molecule has 2 amide bonds. The normalized spacial score (nSPS) is 21.3. The minimum Gasteiger partial charge on any atom is -0.385 e. The van der Waals surface area contributed by atoms with Crippen molar-refractivity contribution in [1.29, 1.82) is 0 Å². The van der Waals surface area contributed by atoms with E-state index in [1.165, 1.54) is 4.90 Å². The van der Waals surface area contributed by atoms with Gasteiger partial charge in [-0.1, -0.05) is 0 Å². The van der Waals surface area contributed by atoms with Crippen LogP contribution in [0.25, 0.3) is 0 Å². The van der Waals surface area contributed by atoms with Gasteiger partial charge in [-0.05, 0) is 32.7 Å². The van der Waals surface area contributed by atoms with Crippen LogP contribution in [0.3, 0.4) is 0 Å². The van der Waals surface area contributed by atoms with Crippen LogP contribution >= 0.6 is 12.4 Å². The lowest BCUT2D eigenvalue weighted by Crippen LogP contribution is -2.45. The van der Waals surface area contributed by atoms with Gasteiger partial charge in [-0.15, -0.1) is 12.4 Å². The number of nitrogens with zero attached hydrogens (tertiary/aromatic N) is 1. The molecule has 2 N–H and O–H groups in total. The third kappa shape index (κ3) is 7.64. The zero-order valence-electron chi connectivity index (χ0n) is 13.2. The maximum absolute atomic E-state index is 12.3. The fourth-order valence-corrected chi connectivity index (χ4v) is 2.46. The molecule has 0 aromatic carbocycles. The molecule has 1 aliphatic heterocycles. The maximum Gasteiger partial charge on any atom is 0.239 e. The van der Waals surface area contributed by atoms with E-state index >= 15 is 0 Å². The van der Waals surface area contributed by atoms with Gasteiger partial charge in [0.15, 0.2) is 0 Å². The van der Waals surface area contributed by atoms with Crippen molar-refractivity contribution in [1.82, 2.24) is 15.5 Å². The van der Waals surface area contributed by atoms with E-state index < -0.39 is 0 Å². The Bertz CT molecular complexity index is 329. The number of hydrogen-bond donors (Lipinski definition) is 2. The zero-order valence-corrected chi connectivity index (χ0v) is 14.0. The number of nitrogens with one attached hydrogen (secondary N) is 2. The molecule has 0 unspecified atom stereocenters. The van der Waals surface area contributed by atoms with Gasteiger partial charge in [0.25, 0.3) is 0 Å². The number of carbonyl (C=O) groups excluding carboxylic acids is 2. The number of carbonyl (C=O) groups is 2. The summed E-state index contributed by atoms with van der Waals surface area (Å²) < 4.78 is 4.91. The fraction of sp³-hybridized carbons (Fsp3) is 0.857. The Morgan fingerprint density at radius 1 is 1.43 bits per heavy atom. The van der Waals surface area contributed by atoms with Crippen molar-refractivity contribution in [3.8, 4) is 0 Å². The summed E-state index contributed by atoms with van der Waals surface area (Å²) in [5.74, 6) is 0.00173. The molecule has 1 rings (SSSR count). The number of likely N-dealkylation sites (N-methyl/N-ethyl adjacent to an activating group) is 1. The van der Waals surface area contributed by atoms with E-state index in [9.17, 15) is 9.59 Å². The lowest BCUT2D eigenvalue weighted by Gasteiger charge is -2.30. The summed E-state index contributed by atoms with van der Waals surface area (Å²) in [4.78, 5) is 25.5. The van der Waals surface area contributed by atoms with Gasteiger partial charge in [-0.25, -0.2) is 0 Å². The van der Waals surface area contributed by atoms with E-state index in [2.05, 4.69) is 17.6 Å². The van der Waals surface area contributed by atoms with Gasteiger partial charge in [0.05, 0.1) is 6.54 Å². The smallest absolute Gasteiger partial charge is 0.239 e. The fourth-order valence-electron chi connectivity index (χ4n) is 2.46. The van der Waals surface area contributed by atoms with Crippen molar-refractivity contribution in [2.24, 2.45) is 5.92 Å². The number of hydrogen-bond acceptors (Lipinski definition) is 4. The van der Waals surface area contributed by atoms with Gasteiger partial charge in [-0.2, -0.15) is 0 Å². The van der Waals surface area contributed by atoms with Crippen LogP contribution in [-0.2, 0) is 14.3 Å². The minimum absolute atomic E-state index is 0. The van der Waals surface area contributed by atoms with Crippen LogP contribution in [0.4, 0.5) is 0 Å². The number of methoxy groups -OCH3 is 1. The molecule has 1 saturated heterocycles. The van der Waals surface area contributed by atoms with E-state index in [1.807, 2.05) is 0 Å². The predicted molar refractivity (Wildman–Crippen MR) is 84.6 cm³/mol. The Hall–Kier alpha value is -0.850. The van der Waals surface area contributed by atoms with Gasteiger partial charge in [0.1, 0.15) is 0 Å². The zero-order chi connectivity index (χ0) is 15.0. The van der Waals surface area contributed by atoms with E-state index in [0.29, 0.717) is 19.2 Å². The maximum atomic E-state index is 12.3. The van der Waals surface area contributed by atoms with Crippen molar-refractivity contribution in [3.63, 3.8) is 0 Å². The molecule has 6 nitrogen and oxygen atoms in total. The Labute approximate surface area is 133 Å². The third-order valence-electron chi connectivity index (χ3n) is 3.58. The largest absolute Gasteiger partial charge is 0.385 e. The molecular weight excluding hydrogens is 294 g/mol. The summed E-state index contributed by atoms with van der Waals surface area (Å²) in [6.07, 6.45) is 2.48. The van der Waals surface area contributed by atoms with Gasteiger partial charge < -0.3 is 20.3 Å². The lowest BCUT2D eigenvalue weighted by atomic mass is 9.92. The molecule has 0 bridgehead atoms. The molecule has 2 atom stereocenters. The predicted octanol–water partition coefficient (Wildman–Crippen LogP) is 0.407. The number of halogens is 1. The quantitative estimate of drug-likeness (QED) is 0.666.